The molecule has 0 amide bonds. The van der Waals surface area contributed by atoms with Crippen LogP contribution in [0.15, 0.2) is 18.3 Å². The van der Waals surface area contributed by atoms with Crippen LogP contribution in [0.2, 0.25) is 0 Å². The Labute approximate surface area is 92.0 Å². The molecule has 0 atom stereocenters. The van der Waals surface area contributed by atoms with Gasteiger partial charge < -0.3 is 14.5 Å². The Bertz CT molecular complexity index is 480. The van der Waals surface area contributed by atoms with Crippen LogP contribution in [0.25, 0.3) is 11.2 Å². The van der Waals surface area contributed by atoms with Gasteiger partial charge >= 0.3 is 18.9 Å². The fraction of sp³-hybridized carbons (Fsp3) is 0.125. The molecule has 0 saturated carbocycles. The molecule has 5 nitrogen and oxygen atoms in total. The van der Waals surface area contributed by atoms with E-state index in [1.807, 2.05) is 0 Å². The molecule has 2 heterocycles. The van der Waals surface area contributed by atoms with Crippen molar-refractivity contribution in [3.63, 3.8) is 0 Å². The van der Waals surface area contributed by atoms with E-state index in [2.05, 4.69) is 9.97 Å². The van der Waals surface area contributed by atoms with E-state index in [4.69, 9.17) is 0 Å². The molecule has 0 aliphatic carbocycles. The van der Waals surface area contributed by atoms with Crippen molar-refractivity contribution in [2.75, 3.05) is 0 Å². The number of carboxylic acids is 1. The Morgan fingerprint density at radius 1 is 1.57 bits per heavy atom. The zero-order valence-electron chi connectivity index (χ0n) is 7.89. The maximum atomic E-state index is 10.6. The van der Waals surface area contributed by atoms with Gasteiger partial charge in [-0.05, 0) is 12.1 Å². The Balaban J connectivity index is 0.000000980. The minimum absolute atomic E-state index is 0. The first-order valence-electron chi connectivity index (χ1n) is 3.69. The molecular weight excluding hydrogens is 177 g/mol. The van der Waals surface area contributed by atoms with Crippen LogP contribution in [0.5, 0.6) is 0 Å². The summed E-state index contributed by atoms with van der Waals surface area (Å²) < 4.78 is 1.39. The molecule has 0 aliphatic rings. The van der Waals surface area contributed by atoms with Gasteiger partial charge in [-0.3, -0.25) is 0 Å². The molecule has 0 saturated heterocycles. The Kier molecular flexibility index (Phi) is 2.94. The maximum absolute atomic E-state index is 10.6. The number of aromatic carboxylic acids is 1. The van der Waals surface area contributed by atoms with Gasteiger partial charge in [-0.15, -0.1) is 0 Å². The predicted molar refractivity (Wildman–Crippen MR) is 42.8 cm³/mol. The van der Waals surface area contributed by atoms with Crippen LogP contribution in [-0.4, -0.2) is 20.5 Å². The van der Waals surface area contributed by atoms with Gasteiger partial charge in [-0.1, -0.05) is 0 Å². The summed E-state index contributed by atoms with van der Waals surface area (Å²) in [6, 6.07) is 3.41. The molecule has 2 rings (SSSR count). The Hall–Kier alpha value is -1.31. The number of hydrogen-bond acceptors (Lipinski definition) is 4. The van der Waals surface area contributed by atoms with E-state index in [0.717, 1.165) is 0 Å². The number of rotatable bonds is 1. The summed E-state index contributed by atoms with van der Waals surface area (Å²) in [6.45, 7) is 0. The number of pyridine rings is 1. The second kappa shape index (κ2) is 3.82. The van der Waals surface area contributed by atoms with Crippen molar-refractivity contribution in [3.8, 4) is 0 Å². The van der Waals surface area contributed by atoms with Crippen molar-refractivity contribution in [1.29, 1.82) is 0 Å². The van der Waals surface area contributed by atoms with Crippen LogP contribution in [0.3, 0.4) is 0 Å². The molecular formula is C8H6LiN3O2. The number of fused-ring (bicyclic) bond motifs is 1. The zero-order valence-corrected chi connectivity index (χ0v) is 7.89. The molecule has 0 radical (unpaired) electrons. The van der Waals surface area contributed by atoms with Crippen LogP contribution in [0.1, 0.15) is 10.6 Å². The van der Waals surface area contributed by atoms with Crippen LogP contribution in [0.4, 0.5) is 0 Å². The Morgan fingerprint density at radius 2 is 2.29 bits per heavy atom. The second-order valence-corrected chi connectivity index (χ2v) is 2.63. The number of nitrogens with zero attached hydrogens (tertiary/aromatic N) is 3. The zero-order chi connectivity index (χ0) is 9.42. The minimum Gasteiger partial charge on any atom is -0.542 e. The van der Waals surface area contributed by atoms with Gasteiger partial charge in [0.05, 0.1) is 0 Å². The third-order valence-electron chi connectivity index (χ3n) is 1.81. The fourth-order valence-corrected chi connectivity index (χ4v) is 1.21. The van der Waals surface area contributed by atoms with E-state index in [-0.39, 0.29) is 24.7 Å². The second-order valence-electron chi connectivity index (χ2n) is 2.63. The number of carboxylic acid groups (broad SMARTS) is 1. The third kappa shape index (κ3) is 1.52. The first-order valence-corrected chi connectivity index (χ1v) is 3.69. The van der Waals surface area contributed by atoms with Crippen LogP contribution < -0.4 is 24.0 Å². The topological polar surface area (TPSA) is 70.8 Å². The summed E-state index contributed by atoms with van der Waals surface area (Å²) in [5, 5.41) is 10.6. The molecule has 14 heavy (non-hydrogen) atoms. The Morgan fingerprint density at radius 3 is 2.86 bits per heavy atom. The molecule has 6 heteroatoms. The largest absolute Gasteiger partial charge is 1.00 e. The summed E-state index contributed by atoms with van der Waals surface area (Å²) in [7, 11) is 1.59. The predicted octanol–water partition coefficient (Wildman–Crippen LogP) is -3.66. The summed E-state index contributed by atoms with van der Waals surface area (Å²) in [6.07, 6.45) is 1.59. The first-order chi connectivity index (χ1) is 6.20. The van der Waals surface area contributed by atoms with Gasteiger partial charge in [-0.2, -0.15) is 0 Å². The van der Waals surface area contributed by atoms with Gasteiger partial charge in [0.1, 0.15) is 11.5 Å². The van der Waals surface area contributed by atoms with Crippen LogP contribution in [0, 0.1) is 0 Å². The van der Waals surface area contributed by atoms with Gasteiger partial charge in [-0.25, -0.2) is 9.97 Å². The molecule has 2 aromatic rings. The van der Waals surface area contributed by atoms with Crippen molar-refractivity contribution < 1.29 is 28.8 Å². The molecule has 0 unspecified atom stereocenters. The number of imidazole rings is 1. The number of aryl methyl sites for hydroxylation is 1. The van der Waals surface area contributed by atoms with E-state index in [1.165, 1.54) is 4.57 Å². The summed E-state index contributed by atoms with van der Waals surface area (Å²) in [5.41, 5.74) is 1.10. The van der Waals surface area contributed by atoms with Crippen molar-refractivity contribution >= 4 is 17.1 Å². The normalized spacial score (nSPS) is 9.79. The molecule has 0 bridgehead atoms. The summed E-state index contributed by atoms with van der Waals surface area (Å²) >= 11 is 0. The average molecular weight is 183 g/mol. The molecule has 0 aliphatic heterocycles. The van der Waals surface area contributed by atoms with E-state index in [1.54, 1.807) is 25.4 Å². The van der Waals surface area contributed by atoms with Crippen molar-refractivity contribution in [2.24, 2.45) is 7.05 Å². The molecule has 0 aromatic carbocycles. The summed E-state index contributed by atoms with van der Waals surface area (Å²) in [4.78, 5) is 18.4. The molecule has 0 fully saturated rings. The smallest absolute Gasteiger partial charge is 0.542 e. The minimum atomic E-state index is -1.29. The average Bonchev–Trinajstić information content (AvgIpc) is 2.45. The van der Waals surface area contributed by atoms with Crippen LogP contribution >= 0.6 is 0 Å². The van der Waals surface area contributed by atoms with Gasteiger partial charge in [0.15, 0.2) is 11.5 Å². The first kappa shape index (κ1) is 10.8. The number of carbonyl (C=O) groups excluding carboxylic acids is 1. The van der Waals surface area contributed by atoms with Crippen molar-refractivity contribution in [3.05, 3.63) is 24.2 Å². The molecule has 66 valence electrons. The number of hydrogen-bond donors (Lipinski definition) is 0. The summed E-state index contributed by atoms with van der Waals surface area (Å²) in [5.74, 6) is -1.39. The van der Waals surface area contributed by atoms with E-state index in [9.17, 15) is 9.90 Å². The molecule has 2 aromatic heterocycles. The van der Waals surface area contributed by atoms with E-state index >= 15 is 0 Å². The van der Waals surface area contributed by atoms with Gasteiger partial charge in [0.25, 0.3) is 0 Å². The molecule has 0 spiro atoms. The third-order valence-corrected chi connectivity index (χ3v) is 1.81. The van der Waals surface area contributed by atoms with Crippen molar-refractivity contribution in [2.45, 2.75) is 0 Å². The molecule has 0 N–H and O–H groups in total. The SMILES string of the molecule is Cn1c(C(=O)[O-])nc2cccnc21.[Li+]. The maximum Gasteiger partial charge on any atom is 1.00 e. The van der Waals surface area contributed by atoms with E-state index < -0.39 is 5.97 Å². The van der Waals surface area contributed by atoms with E-state index in [0.29, 0.717) is 11.2 Å². The van der Waals surface area contributed by atoms with Gasteiger partial charge in [0.2, 0.25) is 0 Å². The fourth-order valence-electron chi connectivity index (χ4n) is 1.21. The number of carbonyl (C=O) groups is 1. The standard InChI is InChI=1S/C8H7N3O2.Li/c1-11-6-5(3-2-4-9-6)10-7(11)8(12)13;/h2-4H,1H3,(H,12,13);/q;+1/p-1. The van der Waals surface area contributed by atoms with Crippen LogP contribution in [-0.2, 0) is 7.05 Å². The number of aromatic nitrogens is 3. The van der Waals surface area contributed by atoms with Gasteiger partial charge in [0, 0.05) is 13.2 Å². The monoisotopic (exact) mass is 183 g/mol. The quantitative estimate of drug-likeness (QED) is 0.427. The van der Waals surface area contributed by atoms with Crippen molar-refractivity contribution in [1.82, 2.24) is 14.5 Å².